The number of rotatable bonds is 7. The van der Waals surface area contributed by atoms with E-state index in [1.807, 2.05) is 12.3 Å². The summed E-state index contributed by atoms with van der Waals surface area (Å²) < 4.78 is 4.83. The lowest BCUT2D eigenvalue weighted by Gasteiger charge is -2.30. The van der Waals surface area contributed by atoms with E-state index in [1.54, 1.807) is 0 Å². The van der Waals surface area contributed by atoms with E-state index in [0.717, 1.165) is 68.1 Å². The van der Waals surface area contributed by atoms with Crippen LogP contribution in [0.25, 0.3) is 87.8 Å². The molecule has 312 valence electrons. The average molecular weight is 846 g/mol. The van der Waals surface area contributed by atoms with Crippen molar-refractivity contribution in [1.29, 1.82) is 0 Å². The summed E-state index contributed by atoms with van der Waals surface area (Å²) in [4.78, 5) is 16.0. The molecule has 2 atom stereocenters. The van der Waals surface area contributed by atoms with E-state index >= 15 is 0 Å². The number of pyridine rings is 1. The molecule has 3 aromatic heterocycles. The van der Waals surface area contributed by atoms with Crippen LogP contribution in [0.15, 0.2) is 229 Å². The highest BCUT2D eigenvalue weighted by atomic mass is 15.1. The molecule has 0 saturated heterocycles. The summed E-state index contributed by atoms with van der Waals surface area (Å²) in [7, 11) is 0. The van der Waals surface area contributed by atoms with Crippen LogP contribution in [0.1, 0.15) is 36.1 Å². The predicted molar refractivity (Wildman–Crippen MR) is 276 cm³/mol. The molecule has 66 heavy (non-hydrogen) atoms. The highest BCUT2D eigenvalue weighted by Gasteiger charge is 2.32. The van der Waals surface area contributed by atoms with Gasteiger partial charge in [-0.15, -0.1) is 0 Å². The standard InChI is InChI=1S/C61H43N5/c1-2-46-59(42-20-7-4-8-21-42)63-61(43-30-28-40(29-31-43)39-17-5-3-6-18-39)64-60(46)45-35-44-22-10-11-23-47(44)54(36-45)65-52-26-14-13-25-49(52)50-37-51-56(38-55(50)65)66(57-27-15-16-34-62-57)53-33-32-41-19-9-12-24-48(41)58(51)53/h3-38,46,59H,2H2,1H3. The van der Waals surface area contributed by atoms with Crippen LogP contribution in [0.4, 0.5) is 0 Å². The minimum atomic E-state index is -0.103. The van der Waals surface area contributed by atoms with Crippen molar-refractivity contribution in [1.82, 2.24) is 14.1 Å². The van der Waals surface area contributed by atoms with Crippen molar-refractivity contribution in [2.24, 2.45) is 15.9 Å². The lowest BCUT2D eigenvalue weighted by molar-refractivity contribution is 0.532. The fourth-order valence-corrected chi connectivity index (χ4v) is 10.7. The molecule has 1 aliphatic rings. The molecule has 12 aromatic rings. The van der Waals surface area contributed by atoms with Gasteiger partial charge in [0.15, 0.2) is 5.84 Å². The first-order valence-electron chi connectivity index (χ1n) is 22.9. The Balaban J connectivity index is 1.07. The second kappa shape index (κ2) is 15.4. The second-order valence-corrected chi connectivity index (χ2v) is 17.4. The second-order valence-electron chi connectivity index (χ2n) is 17.4. The number of amidine groups is 1. The smallest absolute Gasteiger partial charge is 0.155 e. The molecule has 0 N–H and O–H groups in total. The molecule has 0 fully saturated rings. The summed E-state index contributed by atoms with van der Waals surface area (Å²) in [5.74, 6) is 1.70. The zero-order valence-electron chi connectivity index (χ0n) is 36.4. The lowest BCUT2D eigenvalue weighted by atomic mass is 9.82. The summed E-state index contributed by atoms with van der Waals surface area (Å²) in [5, 5.41) is 9.66. The zero-order chi connectivity index (χ0) is 43.7. The third kappa shape index (κ3) is 6.04. The zero-order valence-corrected chi connectivity index (χ0v) is 36.4. The lowest BCUT2D eigenvalue weighted by Crippen LogP contribution is -2.28. The number of aliphatic imine (C=N–C) groups is 2. The van der Waals surface area contributed by atoms with Gasteiger partial charge < -0.3 is 4.57 Å². The Morgan fingerprint density at radius 1 is 0.439 bits per heavy atom. The van der Waals surface area contributed by atoms with Crippen molar-refractivity contribution in [2.75, 3.05) is 0 Å². The molecule has 0 aliphatic carbocycles. The number of aromatic nitrogens is 3. The van der Waals surface area contributed by atoms with E-state index in [0.29, 0.717) is 0 Å². The number of benzene rings is 9. The van der Waals surface area contributed by atoms with Crippen LogP contribution in [0, 0.1) is 5.92 Å². The van der Waals surface area contributed by atoms with E-state index in [4.69, 9.17) is 15.0 Å². The summed E-state index contributed by atoms with van der Waals surface area (Å²) in [6.07, 6.45) is 2.77. The molecule has 9 aromatic carbocycles. The Bertz CT molecular complexity index is 3900. The van der Waals surface area contributed by atoms with E-state index < -0.39 is 0 Å². The number of hydrogen-bond donors (Lipinski definition) is 0. The summed E-state index contributed by atoms with van der Waals surface area (Å²) in [6, 6.07) is 76.6. The fraction of sp³-hybridized carbons (Fsp3) is 0.0656. The maximum absolute atomic E-state index is 5.59. The first-order chi connectivity index (χ1) is 32.7. The van der Waals surface area contributed by atoms with Crippen LogP contribution >= 0.6 is 0 Å². The minimum Gasteiger partial charge on any atom is -0.309 e. The molecule has 13 rings (SSSR count). The van der Waals surface area contributed by atoms with Gasteiger partial charge in [0.2, 0.25) is 0 Å². The van der Waals surface area contributed by atoms with Crippen LogP contribution in [0.3, 0.4) is 0 Å². The molecule has 0 saturated carbocycles. The molecule has 4 heterocycles. The molecular weight excluding hydrogens is 803 g/mol. The van der Waals surface area contributed by atoms with Gasteiger partial charge in [-0.1, -0.05) is 171 Å². The van der Waals surface area contributed by atoms with Gasteiger partial charge in [-0.05, 0) is 93.4 Å². The Morgan fingerprint density at radius 2 is 1.11 bits per heavy atom. The third-order valence-electron chi connectivity index (χ3n) is 13.8. The van der Waals surface area contributed by atoms with Crippen molar-refractivity contribution in [3.63, 3.8) is 0 Å². The first kappa shape index (κ1) is 38.1. The van der Waals surface area contributed by atoms with Gasteiger partial charge in [0, 0.05) is 44.6 Å². The molecular formula is C61H43N5. The summed E-state index contributed by atoms with van der Waals surface area (Å²) in [6.45, 7) is 2.27. The first-order valence-corrected chi connectivity index (χ1v) is 22.9. The van der Waals surface area contributed by atoms with Gasteiger partial charge in [0.05, 0.1) is 39.5 Å². The summed E-state index contributed by atoms with van der Waals surface area (Å²) in [5.41, 5.74) is 12.4. The van der Waals surface area contributed by atoms with Crippen molar-refractivity contribution in [3.05, 3.63) is 235 Å². The SMILES string of the molecule is CCC1C(c2cc(-n3c4ccccc4c4cc5c6c7ccccc7ccc6n(-c6ccccn6)c5cc43)c3ccccc3c2)=NC(c2ccc(-c3ccccc3)cc2)=NC1c1ccccc1. The minimum absolute atomic E-state index is 0.0513. The van der Waals surface area contributed by atoms with Crippen LogP contribution in [0.5, 0.6) is 0 Å². The van der Waals surface area contributed by atoms with E-state index in [9.17, 15) is 0 Å². The van der Waals surface area contributed by atoms with Gasteiger partial charge in [-0.2, -0.15) is 0 Å². The van der Waals surface area contributed by atoms with Gasteiger partial charge in [-0.25, -0.2) is 9.98 Å². The van der Waals surface area contributed by atoms with Gasteiger partial charge in [0.25, 0.3) is 0 Å². The highest BCUT2D eigenvalue weighted by molar-refractivity contribution is 6.26. The van der Waals surface area contributed by atoms with Crippen LogP contribution in [0.2, 0.25) is 0 Å². The number of fused-ring (bicyclic) bond motifs is 9. The van der Waals surface area contributed by atoms with Crippen LogP contribution < -0.4 is 0 Å². The number of nitrogens with zero attached hydrogens (tertiary/aromatic N) is 5. The van der Waals surface area contributed by atoms with E-state index in [2.05, 4.69) is 222 Å². The molecule has 2 unspecified atom stereocenters. The van der Waals surface area contributed by atoms with Crippen molar-refractivity contribution in [3.8, 4) is 22.6 Å². The maximum atomic E-state index is 5.59. The van der Waals surface area contributed by atoms with Crippen LogP contribution in [-0.4, -0.2) is 25.7 Å². The molecule has 0 bridgehead atoms. The number of para-hydroxylation sites is 1. The Labute approximate surface area is 382 Å². The molecule has 0 amide bonds. The van der Waals surface area contributed by atoms with E-state index in [-0.39, 0.29) is 12.0 Å². The monoisotopic (exact) mass is 845 g/mol. The van der Waals surface area contributed by atoms with Crippen molar-refractivity contribution >= 4 is 76.7 Å². The average Bonchev–Trinajstić information content (AvgIpc) is 3.90. The number of hydrogen-bond acceptors (Lipinski definition) is 3. The van der Waals surface area contributed by atoms with Gasteiger partial charge >= 0.3 is 0 Å². The molecule has 0 spiro atoms. The largest absolute Gasteiger partial charge is 0.309 e. The quantitative estimate of drug-likeness (QED) is 0.158. The van der Waals surface area contributed by atoms with Gasteiger partial charge in [0.1, 0.15) is 5.82 Å². The topological polar surface area (TPSA) is 47.5 Å². The van der Waals surface area contributed by atoms with Crippen molar-refractivity contribution in [2.45, 2.75) is 19.4 Å². The predicted octanol–water partition coefficient (Wildman–Crippen LogP) is 15.3. The third-order valence-corrected chi connectivity index (χ3v) is 13.8. The Hall–Kier alpha value is -8.41. The van der Waals surface area contributed by atoms with E-state index in [1.165, 1.54) is 54.4 Å². The fourth-order valence-electron chi connectivity index (χ4n) is 10.7. The maximum Gasteiger partial charge on any atom is 0.155 e. The molecule has 0 radical (unpaired) electrons. The molecule has 5 heteroatoms. The highest BCUT2D eigenvalue weighted by Crippen LogP contribution is 2.44. The Kier molecular flexibility index (Phi) is 8.88. The Morgan fingerprint density at radius 3 is 1.89 bits per heavy atom. The van der Waals surface area contributed by atoms with Crippen LogP contribution in [-0.2, 0) is 0 Å². The summed E-state index contributed by atoms with van der Waals surface area (Å²) >= 11 is 0. The molecule has 5 nitrogen and oxygen atoms in total. The van der Waals surface area contributed by atoms with Gasteiger partial charge in [-0.3, -0.25) is 9.56 Å². The normalized spacial score (nSPS) is 15.3. The van der Waals surface area contributed by atoms with Crippen molar-refractivity contribution < 1.29 is 0 Å². The molecule has 1 aliphatic heterocycles.